The summed E-state index contributed by atoms with van der Waals surface area (Å²) in [6, 6.07) is 0. The summed E-state index contributed by atoms with van der Waals surface area (Å²) >= 11 is 0. The zero-order valence-electron chi connectivity index (χ0n) is 7.15. The van der Waals surface area contributed by atoms with Gasteiger partial charge in [-0.1, -0.05) is 25.7 Å². The largest absolute Gasteiger partial charge is 1.00 e. The van der Waals surface area contributed by atoms with E-state index in [0.29, 0.717) is 6.42 Å². The average Bonchev–Trinajstić information content (AvgIpc) is 2.17. The van der Waals surface area contributed by atoms with Gasteiger partial charge in [0.25, 0.3) is 0 Å². The van der Waals surface area contributed by atoms with E-state index in [4.69, 9.17) is 0 Å². The molecule has 0 saturated heterocycles. The summed E-state index contributed by atoms with van der Waals surface area (Å²) < 4.78 is 0. The van der Waals surface area contributed by atoms with Crippen molar-refractivity contribution in [1.82, 2.24) is 0 Å². The van der Waals surface area contributed by atoms with Crippen LogP contribution >= 0.6 is 0 Å². The van der Waals surface area contributed by atoms with E-state index in [1.807, 2.05) is 0 Å². The monoisotopic (exact) mass is 126 g/mol. The molecular weight excluding hydrogens is 114 g/mol. The van der Waals surface area contributed by atoms with Crippen LogP contribution in [0.5, 0.6) is 0 Å². The molecule has 0 atom stereocenters. The van der Waals surface area contributed by atoms with Crippen LogP contribution in [0.25, 0.3) is 0 Å². The molecule has 48 valence electrons. The predicted molar refractivity (Wildman–Crippen MR) is 31.2 cm³/mol. The summed E-state index contributed by atoms with van der Waals surface area (Å²) in [4.78, 5) is 0. The predicted octanol–water partition coefficient (Wildman–Crippen LogP) is -5.11. The van der Waals surface area contributed by atoms with Crippen LogP contribution in [0.4, 0.5) is 0 Å². The smallest absolute Gasteiger partial charge is 0.851 e. The minimum atomic E-state index is -0.625. The maximum atomic E-state index is 11.2. The van der Waals surface area contributed by atoms with Gasteiger partial charge in [-0.2, -0.15) is 6.42 Å². The van der Waals surface area contributed by atoms with Gasteiger partial charge >= 0.3 is 37.7 Å². The van der Waals surface area contributed by atoms with E-state index >= 15 is 0 Å². The van der Waals surface area contributed by atoms with Crippen molar-refractivity contribution in [2.75, 3.05) is 0 Å². The van der Waals surface area contributed by atoms with E-state index in [1.54, 1.807) is 0 Å². The molecular formula is C7H12Li2O. The molecule has 10 heavy (non-hydrogen) atoms. The van der Waals surface area contributed by atoms with Gasteiger partial charge in [0.2, 0.25) is 0 Å². The molecule has 0 aromatic heterocycles. The van der Waals surface area contributed by atoms with Crippen LogP contribution in [-0.4, -0.2) is 5.60 Å². The van der Waals surface area contributed by atoms with Crippen LogP contribution < -0.4 is 42.8 Å². The molecule has 0 aromatic rings. The van der Waals surface area contributed by atoms with E-state index in [-0.39, 0.29) is 37.7 Å². The van der Waals surface area contributed by atoms with Gasteiger partial charge in [-0.05, 0) is 0 Å². The molecule has 0 heterocycles. The third-order valence-electron chi connectivity index (χ3n) is 1.97. The van der Waals surface area contributed by atoms with Gasteiger partial charge in [-0.3, -0.25) is 0 Å². The normalized spacial score (nSPS) is 21.0. The van der Waals surface area contributed by atoms with Crippen molar-refractivity contribution in [2.24, 2.45) is 0 Å². The maximum Gasteiger partial charge on any atom is 1.00 e. The molecule has 0 spiro atoms. The Kier molecular flexibility index (Phi) is 7.91. The zero-order valence-corrected chi connectivity index (χ0v) is 7.15. The van der Waals surface area contributed by atoms with E-state index < -0.39 is 5.60 Å². The van der Waals surface area contributed by atoms with Gasteiger partial charge in [0, 0.05) is 0 Å². The summed E-state index contributed by atoms with van der Waals surface area (Å²) in [6.45, 7) is 3.63. The molecule has 3 heteroatoms. The molecule has 0 bridgehead atoms. The molecule has 0 radical (unpaired) electrons. The molecule has 0 unspecified atom stereocenters. The maximum absolute atomic E-state index is 11.2. The quantitative estimate of drug-likeness (QED) is 0.254. The molecule has 0 amide bonds. The third kappa shape index (κ3) is 3.52. The van der Waals surface area contributed by atoms with Crippen molar-refractivity contribution >= 4 is 0 Å². The second-order valence-electron chi connectivity index (χ2n) is 2.64. The number of rotatable bonds is 1. The second-order valence-corrected chi connectivity index (χ2v) is 2.64. The molecule has 0 N–H and O–H groups in total. The van der Waals surface area contributed by atoms with E-state index in [1.165, 1.54) is 0 Å². The number of hydrogen-bond donors (Lipinski definition) is 0. The van der Waals surface area contributed by atoms with Crippen LogP contribution in [0, 0.1) is 6.92 Å². The van der Waals surface area contributed by atoms with Crippen LogP contribution in [0.15, 0.2) is 0 Å². The zero-order chi connectivity index (χ0) is 6.04. The van der Waals surface area contributed by atoms with Gasteiger partial charge in [0.05, 0.1) is 0 Å². The summed E-state index contributed by atoms with van der Waals surface area (Å²) in [6.07, 6.45) is 4.54. The first-order valence-corrected chi connectivity index (χ1v) is 3.26. The Hall–Kier alpha value is 1.15. The summed E-state index contributed by atoms with van der Waals surface area (Å²) in [5, 5.41) is 11.2. The topological polar surface area (TPSA) is 23.1 Å². The Morgan fingerprint density at radius 3 is 1.80 bits per heavy atom. The molecule has 1 aliphatic carbocycles. The minimum Gasteiger partial charge on any atom is -0.851 e. The Labute approximate surface area is 87.3 Å². The van der Waals surface area contributed by atoms with Crippen LogP contribution in [0.2, 0.25) is 0 Å². The van der Waals surface area contributed by atoms with E-state index in [2.05, 4.69) is 6.92 Å². The first kappa shape index (κ1) is 13.7. The standard InChI is InChI=1S/C7H12O.2Li/c1-2-7(8)5-3-4-6-7;;/h1-6H2;;/q-2;2*+1. The van der Waals surface area contributed by atoms with Crippen molar-refractivity contribution < 1.29 is 42.8 Å². The van der Waals surface area contributed by atoms with Crippen molar-refractivity contribution in [1.29, 1.82) is 0 Å². The molecule has 1 saturated carbocycles. The van der Waals surface area contributed by atoms with Gasteiger partial charge in [0.1, 0.15) is 0 Å². The van der Waals surface area contributed by atoms with E-state index in [9.17, 15) is 5.11 Å². The fourth-order valence-corrected chi connectivity index (χ4v) is 1.27. The average molecular weight is 126 g/mol. The second kappa shape index (κ2) is 5.76. The van der Waals surface area contributed by atoms with Gasteiger partial charge in [-0.15, -0.1) is 5.60 Å². The summed E-state index contributed by atoms with van der Waals surface area (Å²) in [5.41, 5.74) is -0.625. The Morgan fingerprint density at radius 2 is 1.60 bits per heavy atom. The Balaban J connectivity index is 0. The van der Waals surface area contributed by atoms with Crippen molar-refractivity contribution in [2.45, 2.75) is 37.7 Å². The Bertz CT molecular complexity index is 79.7. The fraction of sp³-hybridized carbons (Fsp3) is 0.857. The van der Waals surface area contributed by atoms with Gasteiger partial charge < -0.3 is 12.0 Å². The SMILES string of the molecule is [CH2-]CC1([O-])CCCC1.[Li+].[Li+]. The van der Waals surface area contributed by atoms with Crippen LogP contribution in [0.3, 0.4) is 0 Å². The molecule has 0 aromatic carbocycles. The first-order chi connectivity index (χ1) is 3.77. The summed E-state index contributed by atoms with van der Waals surface area (Å²) in [5.74, 6) is 0. The van der Waals surface area contributed by atoms with Gasteiger partial charge in [0.15, 0.2) is 0 Å². The molecule has 1 aliphatic rings. The van der Waals surface area contributed by atoms with Crippen LogP contribution in [0.1, 0.15) is 32.1 Å². The molecule has 1 fully saturated rings. The van der Waals surface area contributed by atoms with Gasteiger partial charge in [-0.25, -0.2) is 0 Å². The third-order valence-corrected chi connectivity index (χ3v) is 1.97. The molecule has 0 aliphatic heterocycles. The fourth-order valence-electron chi connectivity index (χ4n) is 1.27. The van der Waals surface area contributed by atoms with Crippen molar-refractivity contribution in [3.05, 3.63) is 6.92 Å². The molecule has 1 rings (SSSR count). The summed E-state index contributed by atoms with van der Waals surface area (Å²) in [7, 11) is 0. The minimum absolute atomic E-state index is 0. The first-order valence-electron chi connectivity index (χ1n) is 3.26. The molecule has 1 nitrogen and oxygen atoms in total. The van der Waals surface area contributed by atoms with Crippen molar-refractivity contribution in [3.63, 3.8) is 0 Å². The van der Waals surface area contributed by atoms with E-state index in [0.717, 1.165) is 25.7 Å². The van der Waals surface area contributed by atoms with Crippen LogP contribution in [-0.2, 0) is 0 Å². The van der Waals surface area contributed by atoms with Crippen molar-refractivity contribution in [3.8, 4) is 0 Å². The Morgan fingerprint density at radius 1 is 1.20 bits per heavy atom. The number of hydrogen-bond acceptors (Lipinski definition) is 1.